The number of hydrogen-bond donors (Lipinski definition) is 6. The number of allylic oxidation sites excluding steroid dienone is 1. The van der Waals surface area contributed by atoms with Crippen molar-refractivity contribution in [3.63, 3.8) is 0 Å². The van der Waals surface area contributed by atoms with E-state index in [9.17, 15) is 33.9 Å². The van der Waals surface area contributed by atoms with E-state index in [-0.39, 0.29) is 50.2 Å². The van der Waals surface area contributed by atoms with Crippen molar-refractivity contribution in [3.05, 3.63) is 80.8 Å². The molecule has 2 atom stereocenters. The van der Waals surface area contributed by atoms with Crippen LogP contribution in [-0.2, 0) is 59.3 Å². The Bertz CT molecular complexity index is 2310. The van der Waals surface area contributed by atoms with Crippen molar-refractivity contribution in [2.75, 3.05) is 51.4 Å². The van der Waals surface area contributed by atoms with Crippen LogP contribution in [0.4, 0.5) is 5.69 Å². The Labute approximate surface area is 392 Å². The van der Waals surface area contributed by atoms with Gasteiger partial charge in [0.25, 0.3) is 5.56 Å². The largest absolute Gasteiger partial charge is 0.384 e. The summed E-state index contributed by atoms with van der Waals surface area (Å²) >= 11 is 1.03. The standard InChI is InChI=1S/C43H54N8O9S.C3H8.C2H6/c1-6-27-30(41(56)24(2)3)20-34-40-31(22-51(34)43(27)58)28-8-7-9-29-32(11-12-33(47-40)39(28)29)48-42(57)26(5)46-36(53)21-44-37(54)23-60-19-18-59-17-15-45-61-49-35(52)14-16-50-25(4)10-13-38(50)55;1-3-2;1-2/h11-12,20,26,41,45,56H,2,4,6-10,13-19,21-23H2,1,3,5H3,(H,44,54)(H,46,53)(H,48,57)(H,49,52);3H2,1-2H3;1-2H3/t26-,41+;;/m0../s1. The van der Waals surface area contributed by atoms with Crippen LogP contribution in [-0.4, -0.2) is 101 Å². The third-order valence-corrected chi connectivity index (χ3v) is 11.7. The summed E-state index contributed by atoms with van der Waals surface area (Å²) in [6.07, 6.45) is 4.34. The lowest BCUT2D eigenvalue weighted by Gasteiger charge is -2.23. The van der Waals surface area contributed by atoms with Crippen molar-refractivity contribution in [1.29, 1.82) is 0 Å². The molecule has 0 spiro atoms. The topological polar surface area (TPSA) is 222 Å². The van der Waals surface area contributed by atoms with Crippen LogP contribution in [0.2, 0.25) is 0 Å². The minimum Gasteiger partial charge on any atom is -0.384 e. The first kappa shape index (κ1) is 53.2. The van der Waals surface area contributed by atoms with Crippen LogP contribution in [0.3, 0.4) is 0 Å². The number of likely N-dealkylation sites (tertiary alicyclic amines) is 1. The predicted octanol–water partition coefficient (Wildman–Crippen LogP) is 4.92. The maximum absolute atomic E-state index is 13.7. The Hall–Kier alpha value is -5.40. The highest BCUT2D eigenvalue weighted by atomic mass is 32.2. The van der Waals surface area contributed by atoms with Gasteiger partial charge < -0.3 is 40.0 Å². The Morgan fingerprint density at radius 1 is 0.955 bits per heavy atom. The van der Waals surface area contributed by atoms with Crippen LogP contribution >= 0.6 is 12.1 Å². The van der Waals surface area contributed by atoms with Gasteiger partial charge in [-0.05, 0) is 86.4 Å². The number of hydrogen-bond acceptors (Lipinski definition) is 12. The summed E-state index contributed by atoms with van der Waals surface area (Å²) in [7, 11) is 0. The lowest BCUT2D eigenvalue weighted by atomic mass is 9.86. The molecule has 2 aliphatic heterocycles. The van der Waals surface area contributed by atoms with E-state index in [1.54, 1.807) is 23.3 Å². The van der Waals surface area contributed by atoms with Crippen LogP contribution in [0.1, 0.15) is 114 Å². The van der Waals surface area contributed by atoms with E-state index >= 15 is 0 Å². The van der Waals surface area contributed by atoms with Gasteiger partial charge in [0.2, 0.25) is 29.5 Å². The van der Waals surface area contributed by atoms with Crippen molar-refractivity contribution < 1.29 is 38.6 Å². The molecule has 66 heavy (non-hydrogen) atoms. The van der Waals surface area contributed by atoms with Gasteiger partial charge in [-0.2, -0.15) is 0 Å². The lowest BCUT2D eigenvalue weighted by molar-refractivity contribution is -0.130. The average molecular weight is 933 g/mol. The molecule has 0 unspecified atom stereocenters. The highest BCUT2D eigenvalue weighted by Crippen LogP contribution is 2.42. The van der Waals surface area contributed by atoms with Crippen LogP contribution in [0.15, 0.2) is 47.4 Å². The number of pyridine rings is 2. The molecular formula is C48H68N8O9S. The molecule has 4 heterocycles. The monoisotopic (exact) mass is 932 g/mol. The fourth-order valence-corrected chi connectivity index (χ4v) is 8.30. The quantitative estimate of drug-likeness (QED) is 0.0373. The first-order valence-electron chi connectivity index (χ1n) is 23.0. The van der Waals surface area contributed by atoms with Crippen molar-refractivity contribution in [3.8, 4) is 11.4 Å². The summed E-state index contributed by atoms with van der Waals surface area (Å²) in [6, 6.07) is 4.63. The summed E-state index contributed by atoms with van der Waals surface area (Å²) < 4.78 is 18.1. The van der Waals surface area contributed by atoms with E-state index in [4.69, 9.17) is 14.5 Å². The summed E-state index contributed by atoms with van der Waals surface area (Å²) in [4.78, 5) is 82.2. The number of aliphatic hydroxyl groups is 1. The molecule has 3 aliphatic rings. The number of benzene rings is 1. The molecule has 6 N–H and O–H groups in total. The maximum atomic E-state index is 13.7. The first-order valence-corrected chi connectivity index (χ1v) is 23.8. The van der Waals surface area contributed by atoms with Gasteiger partial charge in [0, 0.05) is 66.0 Å². The SMILES string of the molecule is C=C(C)[C@@H](O)c1cc2n(c(=O)c1CC)Cc1c-2nc2ccc(NC(=O)[C@H](C)NC(=O)CNC(=O)COCCOCCNSNC(=O)CCN3C(=C)CCC3=O)c3c2c1CCC3.CC.CCC. The van der Waals surface area contributed by atoms with Crippen molar-refractivity contribution in [2.45, 2.75) is 119 Å². The van der Waals surface area contributed by atoms with Crippen LogP contribution in [0.25, 0.3) is 22.3 Å². The van der Waals surface area contributed by atoms with Crippen molar-refractivity contribution in [1.82, 2.24) is 34.5 Å². The number of carbonyl (C=O) groups excluding carboxylic acids is 5. The molecule has 1 aliphatic carbocycles. The van der Waals surface area contributed by atoms with E-state index in [1.165, 1.54) is 6.42 Å². The molecule has 0 saturated carbocycles. The third-order valence-electron chi connectivity index (χ3n) is 11.0. The average Bonchev–Trinajstić information content (AvgIpc) is 3.84. The van der Waals surface area contributed by atoms with Gasteiger partial charge in [-0.3, -0.25) is 33.5 Å². The highest BCUT2D eigenvalue weighted by Gasteiger charge is 2.32. The summed E-state index contributed by atoms with van der Waals surface area (Å²) in [5, 5.41) is 20.0. The summed E-state index contributed by atoms with van der Waals surface area (Å²) in [6.45, 7) is 22.4. The molecule has 1 fully saturated rings. The number of aliphatic hydroxyl groups excluding tert-OH is 1. The number of anilines is 1. The first-order chi connectivity index (χ1) is 31.7. The second-order valence-corrected chi connectivity index (χ2v) is 16.7. The predicted molar refractivity (Wildman–Crippen MR) is 258 cm³/mol. The van der Waals surface area contributed by atoms with Gasteiger partial charge in [0.15, 0.2) is 0 Å². The number of aromatic nitrogens is 2. The summed E-state index contributed by atoms with van der Waals surface area (Å²) in [5.74, 6) is -1.70. The molecule has 3 aromatic rings. The second-order valence-electron chi connectivity index (χ2n) is 16.0. The van der Waals surface area contributed by atoms with Gasteiger partial charge >= 0.3 is 0 Å². The zero-order valence-corrected chi connectivity index (χ0v) is 40.4. The second kappa shape index (κ2) is 26.1. The number of ether oxygens (including phenoxy) is 2. The van der Waals surface area contributed by atoms with Crippen LogP contribution in [0.5, 0.6) is 0 Å². The number of rotatable bonds is 21. The molecular weight excluding hydrogens is 865 g/mol. The lowest BCUT2D eigenvalue weighted by Crippen LogP contribution is -2.46. The number of fused-ring (bicyclic) bond motifs is 4. The van der Waals surface area contributed by atoms with Gasteiger partial charge in [-0.15, -0.1) is 0 Å². The van der Waals surface area contributed by atoms with Gasteiger partial charge in [-0.1, -0.05) is 54.2 Å². The number of aryl methyl sites for hydroxylation is 2. The smallest absolute Gasteiger partial charge is 0.254 e. The fraction of sp³-hybridized carbons (Fsp3) is 0.521. The number of nitrogens with one attached hydrogen (secondary N) is 5. The van der Waals surface area contributed by atoms with E-state index in [2.05, 4.69) is 52.4 Å². The molecule has 360 valence electrons. The van der Waals surface area contributed by atoms with E-state index in [0.29, 0.717) is 80.0 Å². The molecule has 0 bridgehead atoms. The summed E-state index contributed by atoms with van der Waals surface area (Å²) in [5.41, 5.74) is 8.07. The number of amides is 5. The minimum absolute atomic E-state index is 0.0104. The Balaban J connectivity index is 0.00000183. The molecule has 6 rings (SSSR count). The van der Waals surface area contributed by atoms with Crippen LogP contribution in [0, 0.1) is 0 Å². The van der Waals surface area contributed by atoms with Gasteiger partial charge in [0.05, 0.1) is 49.8 Å². The fourth-order valence-electron chi connectivity index (χ4n) is 7.82. The molecule has 1 aromatic carbocycles. The van der Waals surface area contributed by atoms with E-state index < -0.39 is 29.9 Å². The van der Waals surface area contributed by atoms with Gasteiger partial charge in [0.1, 0.15) is 18.8 Å². The Morgan fingerprint density at radius 2 is 1.67 bits per heavy atom. The molecule has 18 heteroatoms. The molecule has 0 radical (unpaired) electrons. The van der Waals surface area contributed by atoms with Crippen molar-refractivity contribution in [2.24, 2.45) is 0 Å². The Morgan fingerprint density at radius 3 is 2.35 bits per heavy atom. The van der Waals surface area contributed by atoms with Crippen molar-refractivity contribution >= 4 is 58.3 Å². The van der Waals surface area contributed by atoms with Crippen LogP contribution < -0.4 is 31.0 Å². The highest BCUT2D eigenvalue weighted by molar-refractivity contribution is 7.96. The van der Waals surface area contributed by atoms with Gasteiger partial charge in [-0.25, -0.2) is 9.71 Å². The molecule has 1 saturated heterocycles. The maximum Gasteiger partial charge on any atom is 0.254 e. The minimum atomic E-state index is -0.957. The third kappa shape index (κ3) is 13.6. The molecule has 2 aromatic heterocycles. The molecule has 5 amide bonds. The number of carbonyl (C=O) groups is 5. The van der Waals surface area contributed by atoms with E-state index in [1.807, 2.05) is 39.0 Å². The van der Waals surface area contributed by atoms with E-state index in [0.717, 1.165) is 64.0 Å². The normalized spacial score (nSPS) is 14.2. The molecule has 17 nitrogen and oxygen atoms in total. The Kier molecular flexibility index (Phi) is 21.0. The zero-order chi connectivity index (χ0) is 48.5. The zero-order valence-electron chi connectivity index (χ0n) is 39.6. The number of nitrogens with zero attached hydrogens (tertiary/aromatic N) is 3.